The van der Waals surface area contributed by atoms with E-state index < -0.39 is 0 Å². The molecule has 6 heteroatoms. The Hall–Kier alpha value is -2.08. The van der Waals surface area contributed by atoms with E-state index in [2.05, 4.69) is 5.32 Å². The molecule has 0 heterocycles. The van der Waals surface area contributed by atoms with E-state index in [-0.39, 0.29) is 18.2 Å². The fourth-order valence-corrected chi connectivity index (χ4v) is 2.15. The molecular formula is C17H27N3O3. The first kappa shape index (κ1) is 19.0. The van der Waals surface area contributed by atoms with Crippen LogP contribution in [-0.4, -0.2) is 52.7 Å². The van der Waals surface area contributed by atoms with Crippen LogP contribution in [0.3, 0.4) is 0 Å². The number of carbonyl (C=O) groups excluding carboxylic acids is 2. The second kappa shape index (κ2) is 9.84. The molecule has 0 bridgehead atoms. The summed E-state index contributed by atoms with van der Waals surface area (Å²) in [5.74, 6) is -0.132. The first-order valence-electron chi connectivity index (χ1n) is 7.77. The molecule has 0 aliphatic heterocycles. The third-order valence-electron chi connectivity index (χ3n) is 3.47. The van der Waals surface area contributed by atoms with Gasteiger partial charge in [0.15, 0.2) is 0 Å². The van der Waals surface area contributed by atoms with E-state index in [1.54, 1.807) is 12.0 Å². The van der Waals surface area contributed by atoms with E-state index in [0.717, 1.165) is 17.8 Å². The maximum absolute atomic E-state index is 11.8. The first-order chi connectivity index (χ1) is 11.0. The molecule has 0 atom stereocenters. The Morgan fingerprint density at radius 1 is 1.13 bits per heavy atom. The Labute approximate surface area is 138 Å². The van der Waals surface area contributed by atoms with Crippen LogP contribution in [0.25, 0.3) is 0 Å². The fourth-order valence-electron chi connectivity index (χ4n) is 2.15. The van der Waals surface area contributed by atoms with Crippen molar-refractivity contribution in [3.05, 3.63) is 24.3 Å². The monoisotopic (exact) mass is 321 g/mol. The minimum absolute atomic E-state index is 0.0581. The van der Waals surface area contributed by atoms with Gasteiger partial charge in [0, 0.05) is 65.6 Å². The summed E-state index contributed by atoms with van der Waals surface area (Å²) in [5, 5.41) is 2.82. The Morgan fingerprint density at radius 3 is 2.26 bits per heavy atom. The number of benzene rings is 1. The van der Waals surface area contributed by atoms with Crippen LogP contribution in [0.15, 0.2) is 24.3 Å². The summed E-state index contributed by atoms with van der Waals surface area (Å²) < 4.78 is 4.93. The number of ether oxygens (including phenoxy) is 1. The van der Waals surface area contributed by atoms with Crippen molar-refractivity contribution in [1.82, 2.24) is 5.32 Å². The van der Waals surface area contributed by atoms with Crippen LogP contribution in [0, 0.1) is 0 Å². The minimum atomic E-state index is -0.0743. The summed E-state index contributed by atoms with van der Waals surface area (Å²) in [6, 6.07) is 7.70. The molecule has 23 heavy (non-hydrogen) atoms. The number of rotatable bonds is 9. The molecule has 128 valence electrons. The SMILES string of the molecule is COCCCNC(=O)CCN(C(C)=O)c1ccc(N(C)C)cc1. The lowest BCUT2D eigenvalue weighted by Crippen LogP contribution is -2.34. The molecule has 6 nitrogen and oxygen atoms in total. The van der Waals surface area contributed by atoms with Crippen LogP contribution >= 0.6 is 0 Å². The molecule has 0 saturated heterocycles. The predicted molar refractivity (Wildman–Crippen MR) is 92.9 cm³/mol. The number of carbonyl (C=O) groups is 2. The molecule has 0 aliphatic rings. The number of amides is 2. The summed E-state index contributed by atoms with van der Waals surface area (Å²) in [4.78, 5) is 27.3. The molecule has 1 rings (SSSR count). The van der Waals surface area contributed by atoms with Crippen molar-refractivity contribution in [2.45, 2.75) is 19.8 Å². The van der Waals surface area contributed by atoms with Gasteiger partial charge in [0.25, 0.3) is 0 Å². The lowest BCUT2D eigenvalue weighted by atomic mass is 10.2. The van der Waals surface area contributed by atoms with Gasteiger partial charge in [0.1, 0.15) is 0 Å². The number of hydrogen-bond donors (Lipinski definition) is 1. The molecule has 0 aliphatic carbocycles. The second-order valence-corrected chi connectivity index (χ2v) is 5.53. The van der Waals surface area contributed by atoms with E-state index >= 15 is 0 Å². The zero-order chi connectivity index (χ0) is 17.2. The standard InChI is InChI=1S/C17H27N3O3/c1-14(21)20(12-10-17(22)18-11-5-13-23-4)16-8-6-15(7-9-16)19(2)3/h6-9H,5,10-13H2,1-4H3,(H,18,22). The van der Waals surface area contributed by atoms with Gasteiger partial charge in [0.05, 0.1) is 0 Å². The number of nitrogens with one attached hydrogen (secondary N) is 1. The van der Waals surface area contributed by atoms with Crippen LogP contribution < -0.4 is 15.1 Å². The molecule has 2 amide bonds. The van der Waals surface area contributed by atoms with E-state index in [0.29, 0.717) is 19.7 Å². The van der Waals surface area contributed by atoms with Gasteiger partial charge in [-0.1, -0.05) is 0 Å². The van der Waals surface area contributed by atoms with Crippen molar-refractivity contribution in [1.29, 1.82) is 0 Å². The van der Waals surface area contributed by atoms with Gasteiger partial charge < -0.3 is 19.9 Å². The van der Waals surface area contributed by atoms with Gasteiger partial charge in [-0.3, -0.25) is 9.59 Å². The molecular weight excluding hydrogens is 294 g/mol. The lowest BCUT2D eigenvalue weighted by molar-refractivity contribution is -0.121. The Balaban J connectivity index is 2.55. The normalized spacial score (nSPS) is 10.3. The summed E-state index contributed by atoms with van der Waals surface area (Å²) in [6.45, 7) is 3.09. The Kier molecular flexibility index (Phi) is 8.11. The van der Waals surface area contributed by atoms with Gasteiger partial charge in [-0.05, 0) is 30.7 Å². The summed E-state index contributed by atoms with van der Waals surface area (Å²) in [5.41, 5.74) is 1.86. The van der Waals surface area contributed by atoms with Gasteiger partial charge >= 0.3 is 0 Å². The highest BCUT2D eigenvalue weighted by molar-refractivity contribution is 5.92. The second-order valence-electron chi connectivity index (χ2n) is 5.53. The first-order valence-corrected chi connectivity index (χ1v) is 7.77. The topological polar surface area (TPSA) is 61.9 Å². The van der Waals surface area contributed by atoms with Crippen molar-refractivity contribution in [2.75, 3.05) is 50.7 Å². The van der Waals surface area contributed by atoms with Crippen molar-refractivity contribution in [3.8, 4) is 0 Å². The zero-order valence-electron chi connectivity index (χ0n) is 14.5. The maximum atomic E-state index is 11.8. The third-order valence-corrected chi connectivity index (χ3v) is 3.47. The smallest absolute Gasteiger partial charge is 0.223 e. The Morgan fingerprint density at radius 2 is 1.74 bits per heavy atom. The molecule has 1 aromatic rings. The largest absolute Gasteiger partial charge is 0.385 e. The predicted octanol–water partition coefficient (Wildman–Crippen LogP) is 1.65. The lowest BCUT2D eigenvalue weighted by Gasteiger charge is -2.22. The van der Waals surface area contributed by atoms with E-state index in [1.807, 2.05) is 43.3 Å². The van der Waals surface area contributed by atoms with Crippen LogP contribution in [0.4, 0.5) is 11.4 Å². The average molecular weight is 321 g/mol. The van der Waals surface area contributed by atoms with Crippen molar-refractivity contribution in [3.63, 3.8) is 0 Å². The molecule has 0 aromatic heterocycles. The molecule has 1 aromatic carbocycles. The van der Waals surface area contributed by atoms with Crippen LogP contribution in [0.2, 0.25) is 0 Å². The van der Waals surface area contributed by atoms with E-state index in [4.69, 9.17) is 4.74 Å². The highest BCUT2D eigenvalue weighted by atomic mass is 16.5. The van der Waals surface area contributed by atoms with Crippen LogP contribution in [0.1, 0.15) is 19.8 Å². The molecule has 1 N–H and O–H groups in total. The molecule has 0 fully saturated rings. The summed E-state index contributed by atoms with van der Waals surface area (Å²) >= 11 is 0. The van der Waals surface area contributed by atoms with Gasteiger partial charge in [0.2, 0.25) is 11.8 Å². The zero-order valence-corrected chi connectivity index (χ0v) is 14.5. The molecule has 0 unspecified atom stereocenters. The summed E-state index contributed by atoms with van der Waals surface area (Å²) in [7, 11) is 5.56. The van der Waals surface area contributed by atoms with Crippen molar-refractivity contribution < 1.29 is 14.3 Å². The number of nitrogens with zero attached hydrogens (tertiary/aromatic N) is 2. The highest BCUT2D eigenvalue weighted by Gasteiger charge is 2.13. The van der Waals surface area contributed by atoms with Gasteiger partial charge in [-0.25, -0.2) is 0 Å². The quantitative estimate of drug-likeness (QED) is 0.703. The van der Waals surface area contributed by atoms with Gasteiger partial charge in [-0.15, -0.1) is 0 Å². The highest BCUT2D eigenvalue weighted by Crippen LogP contribution is 2.19. The molecule has 0 saturated carbocycles. The fraction of sp³-hybridized carbons (Fsp3) is 0.529. The number of methoxy groups -OCH3 is 1. The van der Waals surface area contributed by atoms with Crippen molar-refractivity contribution >= 4 is 23.2 Å². The maximum Gasteiger partial charge on any atom is 0.223 e. The van der Waals surface area contributed by atoms with Crippen LogP contribution in [-0.2, 0) is 14.3 Å². The molecule has 0 spiro atoms. The van der Waals surface area contributed by atoms with E-state index in [9.17, 15) is 9.59 Å². The third kappa shape index (κ3) is 6.69. The number of anilines is 2. The number of hydrogen-bond acceptors (Lipinski definition) is 4. The van der Waals surface area contributed by atoms with E-state index in [1.165, 1.54) is 6.92 Å². The molecule has 0 radical (unpaired) electrons. The summed E-state index contributed by atoms with van der Waals surface area (Å²) in [6.07, 6.45) is 1.06. The minimum Gasteiger partial charge on any atom is -0.385 e. The van der Waals surface area contributed by atoms with Crippen LogP contribution in [0.5, 0.6) is 0 Å². The van der Waals surface area contributed by atoms with Crippen molar-refractivity contribution in [2.24, 2.45) is 0 Å². The van der Waals surface area contributed by atoms with Gasteiger partial charge in [-0.2, -0.15) is 0 Å². The Bertz CT molecular complexity index is 500. The average Bonchev–Trinajstić information content (AvgIpc) is 2.52.